The van der Waals surface area contributed by atoms with E-state index in [4.69, 9.17) is 16.3 Å². The van der Waals surface area contributed by atoms with Gasteiger partial charge in [0, 0.05) is 16.2 Å². The van der Waals surface area contributed by atoms with Crippen LogP contribution in [0.2, 0.25) is 5.15 Å². The second-order valence-electron chi connectivity index (χ2n) is 4.80. The van der Waals surface area contributed by atoms with Gasteiger partial charge in [-0.3, -0.25) is 0 Å². The van der Waals surface area contributed by atoms with E-state index in [9.17, 15) is 18.0 Å². The zero-order chi connectivity index (χ0) is 17.3. The average molecular weight is 409 g/mol. The van der Waals surface area contributed by atoms with Crippen LogP contribution >= 0.6 is 27.5 Å². The summed E-state index contributed by atoms with van der Waals surface area (Å²) >= 11 is 8.69. The molecule has 0 aliphatic heterocycles. The van der Waals surface area contributed by atoms with Crippen LogP contribution in [0.1, 0.15) is 22.8 Å². The highest BCUT2D eigenvalue weighted by atomic mass is 79.9. The number of aromatic nitrogens is 1. The first kappa shape index (κ1) is 17.7. The highest BCUT2D eigenvalue weighted by Crippen LogP contribution is 2.43. The average Bonchev–Trinajstić information content (AvgIpc) is 2.46. The molecule has 122 valence electrons. The number of hydrogen-bond donors (Lipinski definition) is 0. The van der Waals surface area contributed by atoms with Crippen molar-refractivity contribution in [2.45, 2.75) is 18.7 Å². The Hall–Kier alpha value is -1.60. The molecule has 0 aliphatic carbocycles. The Morgan fingerprint density at radius 3 is 2.48 bits per heavy atom. The molecule has 0 fully saturated rings. The normalized spacial score (nSPS) is 14.2. The number of esters is 1. The first-order valence-corrected chi connectivity index (χ1v) is 7.48. The van der Waals surface area contributed by atoms with Crippen molar-refractivity contribution in [1.82, 2.24) is 4.98 Å². The molecule has 0 saturated carbocycles. The largest absolute Gasteiger partial charge is 0.441 e. The molecule has 0 bridgehead atoms. The topological polar surface area (TPSA) is 39.2 Å². The number of benzene rings is 1. The monoisotopic (exact) mass is 407 g/mol. The van der Waals surface area contributed by atoms with Crippen LogP contribution in [0.25, 0.3) is 0 Å². The number of rotatable bonds is 3. The lowest BCUT2D eigenvalue weighted by Crippen LogP contribution is -2.43. The third-order valence-corrected chi connectivity index (χ3v) is 3.89. The maximum absolute atomic E-state index is 13.5. The molecular weight excluding hydrogens is 399 g/mol. The first-order valence-electron chi connectivity index (χ1n) is 6.31. The van der Waals surface area contributed by atoms with E-state index < -0.39 is 17.7 Å². The minimum atomic E-state index is -4.80. The predicted molar refractivity (Wildman–Crippen MR) is 82.2 cm³/mol. The van der Waals surface area contributed by atoms with Crippen LogP contribution in [0.15, 0.2) is 47.1 Å². The molecule has 0 unspecified atom stereocenters. The molecule has 2 aromatic rings. The third-order valence-electron chi connectivity index (χ3n) is 3.18. The highest BCUT2D eigenvalue weighted by molar-refractivity contribution is 9.10. The van der Waals surface area contributed by atoms with Gasteiger partial charge in [-0.25, -0.2) is 9.78 Å². The number of pyridine rings is 1. The molecular formula is C15H10BrClF3NO2. The van der Waals surface area contributed by atoms with Gasteiger partial charge in [0.2, 0.25) is 5.60 Å². The van der Waals surface area contributed by atoms with Crippen molar-refractivity contribution < 1.29 is 22.7 Å². The van der Waals surface area contributed by atoms with Gasteiger partial charge in [-0.05, 0) is 31.2 Å². The Bertz CT molecular complexity index is 721. The van der Waals surface area contributed by atoms with Crippen LogP contribution in [0.5, 0.6) is 0 Å². The van der Waals surface area contributed by atoms with Crippen molar-refractivity contribution in [2.24, 2.45) is 0 Å². The lowest BCUT2D eigenvalue weighted by molar-refractivity contribution is -0.258. The molecule has 23 heavy (non-hydrogen) atoms. The molecule has 0 aliphatic rings. The second-order valence-corrected chi connectivity index (χ2v) is 6.10. The first-order chi connectivity index (χ1) is 10.6. The van der Waals surface area contributed by atoms with Crippen molar-refractivity contribution >= 4 is 33.5 Å². The van der Waals surface area contributed by atoms with Gasteiger partial charge in [-0.1, -0.05) is 39.7 Å². The summed E-state index contributed by atoms with van der Waals surface area (Å²) in [6, 6.07) is 8.04. The summed E-state index contributed by atoms with van der Waals surface area (Å²) in [4.78, 5) is 15.7. The number of carbonyl (C=O) groups is 1. The van der Waals surface area contributed by atoms with E-state index in [0.717, 1.165) is 13.1 Å². The molecule has 1 aromatic heterocycles. The van der Waals surface area contributed by atoms with Crippen LogP contribution in [-0.2, 0) is 10.3 Å². The Kier molecular flexibility index (Phi) is 5.01. The zero-order valence-electron chi connectivity index (χ0n) is 11.7. The zero-order valence-corrected chi connectivity index (χ0v) is 14.0. The van der Waals surface area contributed by atoms with Crippen LogP contribution < -0.4 is 0 Å². The van der Waals surface area contributed by atoms with Gasteiger partial charge in [0.1, 0.15) is 5.15 Å². The molecule has 0 radical (unpaired) electrons. The number of alkyl halides is 3. The maximum atomic E-state index is 13.5. The molecule has 1 atom stereocenters. The smallest absolute Gasteiger partial charge is 0.432 e. The highest BCUT2D eigenvalue weighted by Gasteiger charge is 2.56. The fraction of sp³-hybridized carbons (Fsp3) is 0.200. The van der Waals surface area contributed by atoms with Crippen molar-refractivity contribution in [3.8, 4) is 0 Å². The number of carbonyl (C=O) groups excluding carboxylic acids is 1. The maximum Gasteiger partial charge on any atom is 0.432 e. The molecule has 0 N–H and O–H groups in total. The Morgan fingerprint density at radius 2 is 1.96 bits per heavy atom. The second kappa shape index (κ2) is 6.49. The molecule has 2 rings (SSSR count). The number of ether oxygens (including phenoxy) is 1. The van der Waals surface area contributed by atoms with Crippen molar-refractivity contribution in [3.05, 3.63) is 63.3 Å². The summed E-state index contributed by atoms with van der Waals surface area (Å²) < 4.78 is 45.8. The SMILES string of the molecule is C[C@@](OC(=O)c1ccc(Cl)nc1)(c1cccc(Br)c1)C(F)(F)F. The van der Waals surface area contributed by atoms with E-state index in [1.165, 1.54) is 30.3 Å². The van der Waals surface area contributed by atoms with Gasteiger partial charge in [0.25, 0.3) is 0 Å². The van der Waals surface area contributed by atoms with Gasteiger partial charge in [-0.15, -0.1) is 0 Å². The van der Waals surface area contributed by atoms with Crippen molar-refractivity contribution in [2.75, 3.05) is 0 Å². The molecule has 3 nitrogen and oxygen atoms in total. The van der Waals surface area contributed by atoms with E-state index in [1.807, 2.05) is 0 Å². The van der Waals surface area contributed by atoms with Crippen LogP contribution in [0.3, 0.4) is 0 Å². The molecule has 1 aromatic carbocycles. The molecule has 0 spiro atoms. The van der Waals surface area contributed by atoms with Gasteiger partial charge < -0.3 is 4.74 Å². The summed E-state index contributed by atoms with van der Waals surface area (Å²) in [6.07, 6.45) is -3.74. The van der Waals surface area contributed by atoms with Crippen LogP contribution in [-0.4, -0.2) is 17.1 Å². The van der Waals surface area contributed by atoms with Crippen LogP contribution in [0, 0.1) is 0 Å². The summed E-state index contributed by atoms with van der Waals surface area (Å²) in [6.45, 7) is 0.802. The van der Waals surface area contributed by atoms with E-state index in [2.05, 4.69) is 20.9 Å². The quantitative estimate of drug-likeness (QED) is 0.522. The van der Waals surface area contributed by atoms with E-state index in [1.54, 1.807) is 6.07 Å². The van der Waals surface area contributed by atoms with Gasteiger partial charge in [-0.2, -0.15) is 13.2 Å². The predicted octanol–water partition coefficient (Wildman–Crippen LogP) is 5.13. The van der Waals surface area contributed by atoms with Gasteiger partial charge in [0.15, 0.2) is 0 Å². The fourth-order valence-electron chi connectivity index (χ4n) is 1.81. The number of halogens is 5. The van der Waals surface area contributed by atoms with E-state index in [-0.39, 0.29) is 16.3 Å². The van der Waals surface area contributed by atoms with Gasteiger partial charge in [0.05, 0.1) is 5.56 Å². The summed E-state index contributed by atoms with van der Waals surface area (Å²) in [5.74, 6) is -1.14. The minimum absolute atomic E-state index is 0.118. The molecule has 1 heterocycles. The van der Waals surface area contributed by atoms with Crippen LogP contribution in [0.4, 0.5) is 13.2 Å². The van der Waals surface area contributed by atoms with E-state index in [0.29, 0.717) is 4.47 Å². The van der Waals surface area contributed by atoms with Crippen molar-refractivity contribution in [1.29, 1.82) is 0 Å². The molecule has 0 amide bonds. The molecule has 0 saturated heterocycles. The Morgan fingerprint density at radius 1 is 1.26 bits per heavy atom. The van der Waals surface area contributed by atoms with Crippen molar-refractivity contribution in [3.63, 3.8) is 0 Å². The summed E-state index contributed by atoms with van der Waals surface area (Å²) in [7, 11) is 0. The minimum Gasteiger partial charge on any atom is -0.441 e. The Balaban J connectivity index is 2.40. The third kappa shape index (κ3) is 3.84. The number of hydrogen-bond acceptors (Lipinski definition) is 3. The van der Waals surface area contributed by atoms with Gasteiger partial charge >= 0.3 is 12.1 Å². The lowest BCUT2D eigenvalue weighted by Gasteiger charge is -2.32. The number of nitrogens with zero attached hydrogens (tertiary/aromatic N) is 1. The van der Waals surface area contributed by atoms with E-state index >= 15 is 0 Å². The fourth-order valence-corrected chi connectivity index (χ4v) is 2.32. The summed E-state index contributed by atoms with van der Waals surface area (Å²) in [5.41, 5.74) is -3.12. The molecule has 8 heteroatoms. The Labute approximate surface area is 143 Å². The lowest BCUT2D eigenvalue weighted by atomic mass is 9.95. The standard InChI is InChI=1S/C15H10BrClF3NO2/c1-14(15(18,19)20,10-3-2-4-11(16)7-10)23-13(22)9-5-6-12(17)21-8-9/h2-8H,1H3/t14-/m1/s1. The summed E-state index contributed by atoms with van der Waals surface area (Å²) in [5, 5.41) is 0.118.